The fourth-order valence-electron chi connectivity index (χ4n) is 3.87. The molecule has 158 valence electrons. The van der Waals surface area contributed by atoms with Gasteiger partial charge >= 0.3 is 29.6 Å². The smallest absolute Gasteiger partial charge is 0.548 e. The molecule has 1 aromatic carbocycles. The zero-order valence-corrected chi connectivity index (χ0v) is 21.4. The second kappa shape index (κ2) is 8.61. The number of aryl methyl sites for hydroxylation is 1. The summed E-state index contributed by atoms with van der Waals surface area (Å²) < 4.78 is 4.45. The first kappa shape index (κ1) is 24.4. The number of amides is 2. The Hall–Kier alpha value is -1.23. The number of nitrogens with zero attached hydrogens (tertiary/aromatic N) is 2. The summed E-state index contributed by atoms with van der Waals surface area (Å²) in [5.41, 5.74) is 0.615. The molecule has 2 aromatic rings. The number of carbonyl (C=O) groups is 3. The molecule has 0 unspecified atom stereocenters. The van der Waals surface area contributed by atoms with Gasteiger partial charge in [-0.2, -0.15) is 0 Å². The van der Waals surface area contributed by atoms with E-state index >= 15 is 0 Å². The van der Waals surface area contributed by atoms with E-state index in [0.717, 1.165) is 0 Å². The van der Waals surface area contributed by atoms with Gasteiger partial charge in [0.2, 0.25) is 5.91 Å². The normalized spacial score (nSPS) is 23.6. The molecule has 2 aliphatic rings. The molecule has 2 aliphatic heterocycles. The van der Waals surface area contributed by atoms with E-state index in [9.17, 15) is 19.5 Å². The summed E-state index contributed by atoms with van der Waals surface area (Å²) in [5.74, 6) is -2.16. The molecule has 12 heteroatoms. The fraction of sp³-hybridized carbons (Fsp3) is 0.368. The Balaban J connectivity index is 0.00000272. The first-order chi connectivity index (χ1) is 14.0. The summed E-state index contributed by atoms with van der Waals surface area (Å²) in [6.07, 6.45) is 0. The van der Waals surface area contributed by atoms with Gasteiger partial charge in [-0.05, 0) is 32.9 Å². The van der Waals surface area contributed by atoms with E-state index in [1.165, 1.54) is 16.7 Å². The van der Waals surface area contributed by atoms with Crippen molar-refractivity contribution in [2.75, 3.05) is 0 Å². The van der Waals surface area contributed by atoms with Crippen LogP contribution in [0.1, 0.15) is 30.0 Å². The van der Waals surface area contributed by atoms with Crippen LogP contribution in [-0.2, 0) is 9.59 Å². The number of nitrogens with one attached hydrogen (secondary N) is 1. The third kappa shape index (κ3) is 3.89. The van der Waals surface area contributed by atoms with Gasteiger partial charge in [-0.25, -0.2) is 0 Å². The maximum Gasteiger partial charge on any atom is 1.00 e. The Kier molecular flexibility index (Phi) is 6.78. The summed E-state index contributed by atoms with van der Waals surface area (Å²) in [6.45, 7) is 5.01. The van der Waals surface area contributed by atoms with E-state index in [1.807, 2.05) is 0 Å². The van der Waals surface area contributed by atoms with Crippen molar-refractivity contribution in [1.29, 1.82) is 0 Å². The number of fused-ring (bicyclic) bond motifs is 1. The van der Waals surface area contributed by atoms with E-state index in [-0.39, 0.29) is 46.6 Å². The van der Waals surface area contributed by atoms with Crippen LogP contribution in [0.2, 0.25) is 10.0 Å². The third-order valence-electron chi connectivity index (χ3n) is 5.24. The first-order valence-corrected chi connectivity index (χ1v) is 10.6. The number of halogens is 2. The minimum absolute atomic E-state index is 0. The number of carboxylic acid groups (broad SMARTS) is 1. The Bertz CT molecular complexity index is 1070. The van der Waals surface area contributed by atoms with Crippen LogP contribution in [0.5, 0.6) is 0 Å². The van der Waals surface area contributed by atoms with Gasteiger partial charge in [-0.3, -0.25) is 9.59 Å². The summed E-state index contributed by atoms with van der Waals surface area (Å²) in [6, 6.07) is 2.94. The maximum absolute atomic E-state index is 13.1. The van der Waals surface area contributed by atoms with Gasteiger partial charge in [-0.15, -0.1) is 11.8 Å². The molecule has 1 aromatic heterocycles. The van der Waals surface area contributed by atoms with Crippen LogP contribution in [0, 0.1) is 6.92 Å². The fourth-order valence-corrected chi connectivity index (χ4v) is 6.07. The number of thioether (sulfide) groups is 1. The van der Waals surface area contributed by atoms with Gasteiger partial charge in [0.1, 0.15) is 28.4 Å². The van der Waals surface area contributed by atoms with Crippen molar-refractivity contribution < 1.29 is 53.6 Å². The standard InChI is InChI=1S/C19H17Cl2N3O5S.Na/c1-7-10(12(23-29-7)11-8(20)5-4-6-9(11)21)15(25)22-13-16(26)24-14(18(27)28)19(2,3)30-17(13)24;/h4-6,13-14,17H,1-3H3,(H,22,25)(H,27,28);/q;+1/p-1/t13-,14+,17+;/m1./s1. The second-order valence-corrected chi connectivity index (χ2v) is 10.2. The maximum atomic E-state index is 13.1. The van der Waals surface area contributed by atoms with Crippen LogP contribution in [0.3, 0.4) is 0 Å². The summed E-state index contributed by atoms with van der Waals surface area (Å²) in [7, 11) is 0. The monoisotopic (exact) mass is 491 g/mol. The number of aromatic nitrogens is 1. The third-order valence-corrected chi connectivity index (χ3v) is 7.44. The molecule has 0 saturated carbocycles. The number of β-lactam (4-membered cyclic amide) rings is 1. The number of rotatable bonds is 4. The molecule has 31 heavy (non-hydrogen) atoms. The van der Waals surface area contributed by atoms with Crippen molar-refractivity contribution in [1.82, 2.24) is 15.4 Å². The molecule has 2 amide bonds. The quantitative estimate of drug-likeness (QED) is 0.425. The number of aliphatic carboxylic acids is 1. The Labute approximate surface area is 214 Å². The molecule has 2 saturated heterocycles. The van der Waals surface area contributed by atoms with Crippen LogP contribution in [0.4, 0.5) is 0 Å². The molecule has 1 N–H and O–H groups in total. The SMILES string of the molecule is Cc1onc(-c2c(Cl)cccc2Cl)c1C(=O)N[C@@H]1C(=O)N2[C@@H](C(=O)[O-])C(C)(C)S[C@@H]12.[Na+]. The zero-order chi connectivity index (χ0) is 22.0. The van der Waals surface area contributed by atoms with Crippen molar-refractivity contribution in [2.45, 2.75) is 43.0 Å². The van der Waals surface area contributed by atoms with E-state index in [1.54, 1.807) is 39.0 Å². The number of carbonyl (C=O) groups excluding carboxylic acids is 3. The van der Waals surface area contributed by atoms with Crippen LogP contribution < -0.4 is 40.0 Å². The van der Waals surface area contributed by atoms with E-state index in [4.69, 9.17) is 27.7 Å². The van der Waals surface area contributed by atoms with Gasteiger partial charge in [0, 0.05) is 10.3 Å². The van der Waals surface area contributed by atoms with Crippen molar-refractivity contribution in [2.24, 2.45) is 0 Å². The van der Waals surface area contributed by atoms with Gasteiger partial charge < -0.3 is 24.6 Å². The van der Waals surface area contributed by atoms with Gasteiger partial charge in [0.15, 0.2) is 0 Å². The Morgan fingerprint density at radius 1 is 1.29 bits per heavy atom. The number of benzene rings is 1. The zero-order valence-electron chi connectivity index (χ0n) is 17.1. The van der Waals surface area contributed by atoms with Crippen LogP contribution in [0.25, 0.3) is 11.3 Å². The summed E-state index contributed by atoms with van der Waals surface area (Å²) in [4.78, 5) is 38.5. The molecule has 0 bridgehead atoms. The number of hydrogen-bond acceptors (Lipinski definition) is 7. The molecule has 3 heterocycles. The van der Waals surface area contributed by atoms with Gasteiger partial charge in [0.25, 0.3) is 5.91 Å². The van der Waals surface area contributed by atoms with Gasteiger partial charge in [0.05, 0.1) is 22.1 Å². The molecule has 0 radical (unpaired) electrons. The van der Waals surface area contributed by atoms with Crippen molar-refractivity contribution in [3.05, 3.63) is 39.6 Å². The Morgan fingerprint density at radius 2 is 1.90 bits per heavy atom. The number of carboxylic acids is 1. The second-order valence-electron chi connectivity index (χ2n) is 7.59. The molecule has 4 rings (SSSR count). The van der Waals surface area contributed by atoms with Crippen molar-refractivity contribution in [3.8, 4) is 11.3 Å². The largest absolute Gasteiger partial charge is 1.00 e. The first-order valence-electron chi connectivity index (χ1n) is 8.97. The van der Waals surface area contributed by atoms with E-state index in [0.29, 0.717) is 15.6 Å². The molecule has 3 atom stereocenters. The van der Waals surface area contributed by atoms with Crippen molar-refractivity contribution >= 4 is 52.7 Å². The topological polar surface area (TPSA) is 116 Å². The van der Waals surface area contributed by atoms with E-state index < -0.39 is 40.0 Å². The number of hydrogen-bond donors (Lipinski definition) is 1. The van der Waals surface area contributed by atoms with Crippen LogP contribution in [-0.4, -0.2) is 50.0 Å². The minimum atomic E-state index is -1.32. The van der Waals surface area contributed by atoms with Crippen molar-refractivity contribution in [3.63, 3.8) is 0 Å². The molecule has 0 spiro atoms. The molecular formula is C19H16Cl2N3NaO5S. The van der Waals surface area contributed by atoms with Crippen LogP contribution in [0.15, 0.2) is 22.7 Å². The summed E-state index contributed by atoms with van der Waals surface area (Å²) >= 11 is 13.8. The average Bonchev–Trinajstić information content (AvgIpc) is 3.14. The predicted octanol–water partition coefficient (Wildman–Crippen LogP) is -1.13. The Morgan fingerprint density at radius 3 is 2.48 bits per heavy atom. The minimum Gasteiger partial charge on any atom is -0.548 e. The van der Waals surface area contributed by atoms with E-state index in [2.05, 4.69) is 10.5 Å². The molecule has 2 fully saturated rings. The summed E-state index contributed by atoms with van der Waals surface area (Å²) in [5, 5.41) is 18.2. The predicted molar refractivity (Wildman–Crippen MR) is 109 cm³/mol. The molecular weight excluding hydrogens is 476 g/mol. The molecule has 8 nitrogen and oxygen atoms in total. The van der Waals surface area contributed by atoms with Crippen LogP contribution >= 0.6 is 35.0 Å². The van der Waals surface area contributed by atoms with Gasteiger partial charge in [-0.1, -0.05) is 34.4 Å². The molecule has 0 aliphatic carbocycles. The average molecular weight is 492 g/mol.